The topological polar surface area (TPSA) is 92.7 Å². The SMILES string of the molecule is COC(=O)c1ccccc1S(=O)(=O)NC(CO)c1ccccc1. The lowest BCUT2D eigenvalue weighted by molar-refractivity contribution is 0.0596. The molecule has 23 heavy (non-hydrogen) atoms. The molecule has 0 saturated carbocycles. The quantitative estimate of drug-likeness (QED) is 0.780. The average molecular weight is 335 g/mol. The molecule has 0 aromatic heterocycles. The molecule has 122 valence electrons. The molecule has 0 aliphatic heterocycles. The van der Waals surface area contributed by atoms with Gasteiger partial charge in [-0.3, -0.25) is 0 Å². The van der Waals surface area contributed by atoms with Crippen molar-refractivity contribution in [2.24, 2.45) is 0 Å². The molecule has 0 heterocycles. The number of carbonyl (C=O) groups is 1. The van der Waals surface area contributed by atoms with Gasteiger partial charge in [0.25, 0.3) is 0 Å². The molecule has 0 aliphatic carbocycles. The number of ether oxygens (including phenoxy) is 1. The van der Waals surface area contributed by atoms with Crippen molar-refractivity contribution in [3.05, 3.63) is 65.7 Å². The van der Waals surface area contributed by atoms with Crippen LogP contribution in [-0.2, 0) is 14.8 Å². The van der Waals surface area contributed by atoms with E-state index in [9.17, 15) is 18.3 Å². The van der Waals surface area contributed by atoms with E-state index in [1.54, 1.807) is 36.4 Å². The summed E-state index contributed by atoms with van der Waals surface area (Å²) >= 11 is 0. The summed E-state index contributed by atoms with van der Waals surface area (Å²) in [5, 5.41) is 9.50. The standard InChI is InChI=1S/C16H17NO5S/c1-22-16(19)13-9-5-6-10-15(13)23(20,21)17-14(11-18)12-7-3-2-4-8-12/h2-10,14,17-18H,11H2,1H3. The van der Waals surface area contributed by atoms with Crippen LogP contribution in [0.5, 0.6) is 0 Å². The highest BCUT2D eigenvalue weighted by Gasteiger charge is 2.25. The number of nitrogens with one attached hydrogen (secondary N) is 1. The largest absolute Gasteiger partial charge is 0.465 e. The van der Waals surface area contributed by atoms with Gasteiger partial charge in [0.1, 0.15) is 0 Å². The van der Waals surface area contributed by atoms with E-state index in [-0.39, 0.29) is 10.5 Å². The van der Waals surface area contributed by atoms with E-state index in [0.29, 0.717) is 5.56 Å². The lowest BCUT2D eigenvalue weighted by atomic mass is 10.1. The third-order valence-electron chi connectivity index (χ3n) is 3.26. The fourth-order valence-corrected chi connectivity index (χ4v) is 3.54. The number of hydrogen-bond donors (Lipinski definition) is 2. The molecule has 0 saturated heterocycles. The molecule has 1 atom stereocenters. The summed E-state index contributed by atoms with van der Waals surface area (Å²) < 4.78 is 32.2. The van der Waals surface area contributed by atoms with Gasteiger partial charge in [-0.1, -0.05) is 42.5 Å². The van der Waals surface area contributed by atoms with E-state index < -0.39 is 28.6 Å². The van der Waals surface area contributed by atoms with Crippen LogP contribution in [0, 0.1) is 0 Å². The predicted molar refractivity (Wildman–Crippen MR) is 84.4 cm³/mol. The van der Waals surface area contributed by atoms with Crippen LogP contribution in [0.25, 0.3) is 0 Å². The number of methoxy groups -OCH3 is 1. The molecule has 0 spiro atoms. The second-order valence-electron chi connectivity index (χ2n) is 4.75. The maximum atomic E-state index is 12.6. The molecule has 1 unspecified atom stereocenters. The summed E-state index contributed by atoms with van der Waals surface area (Å²) in [4.78, 5) is 11.5. The Balaban J connectivity index is 2.37. The molecule has 0 radical (unpaired) electrons. The first kappa shape index (κ1) is 17.1. The number of sulfonamides is 1. The molecule has 2 rings (SSSR count). The minimum absolute atomic E-state index is 0.0627. The molecule has 6 nitrogen and oxygen atoms in total. The lowest BCUT2D eigenvalue weighted by Crippen LogP contribution is -2.32. The Morgan fingerprint density at radius 1 is 1.13 bits per heavy atom. The summed E-state index contributed by atoms with van der Waals surface area (Å²) in [5.41, 5.74) is 0.557. The van der Waals surface area contributed by atoms with Crippen molar-refractivity contribution in [1.82, 2.24) is 4.72 Å². The van der Waals surface area contributed by atoms with Gasteiger partial charge in [-0.05, 0) is 17.7 Å². The number of esters is 1. The Hall–Kier alpha value is -2.22. The van der Waals surface area contributed by atoms with Crippen molar-refractivity contribution in [3.8, 4) is 0 Å². The van der Waals surface area contributed by atoms with Crippen LogP contribution in [0.3, 0.4) is 0 Å². The number of rotatable bonds is 6. The molecular weight excluding hydrogens is 318 g/mol. The van der Waals surface area contributed by atoms with Gasteiger partial charge < -0.3 is 9.84 Å². The van der Waals surface area contributed by atoms with Crippen LogP contribution in [0.15, 0.2) is 59.5 Å². The Bertz CT molecular complexity index is 774. The Kier molecular flexibility index (Phi) is 5.49. The highest BCUT2D eigenvalue weighted by atomic mass is 32.2. The fourth-order valence-electron chi connectivity index (χ4n) is 2.13. The van der Waals surface area contributed by atoms with Crippen molar-refractivity contribution in [1.29, 1.82) is 0 Å². The van der Waals surface area contributed by atoms with Gasteiger partial charge in [-0.2, -0.15) is 0 Å². The van der Waals surface area contributed by atoms with E-state index in [2.05, 4.69) is 9.46 Å². The number of aliphatic hydroxyl groups is 1. The minimum atomic E-state index is -4.02. The van der Waals surface area contributed by atoms with Crippen LogP contribution >= 0.6 is 0 Å². The normalized spacial score (nSPS) is 12.6. The third kappa shape index (κ3) is 3.95. The van der Waals surface area contributed by atoms with Gasteiger partial charge in [0.05, 0.1) is 30.2 Å². The molecule has 2 aromatic rings. The second kappa shape index (κ2) is 7.36. The molecule has 0 aliphatic rings. The van der Waals surface area contributed by atoms with Gasteiger partial charge in [-0.25, -0.2) is 17.9 Å². The fraction of sp³-hybridized carbons (Fsp3) is 0.188. The number of benzene rings is 2. The summed E-state index contributed by atoms with van der Waals surface area (Å²) in [6.07, 6.45) is 0. The highest BCUT2D eigenvalue weighted by Crippen LogP contribution is 2.20. The summed E-state index contributed by atoms with van der Waals surface area (Å²) in [6.45, 7) is -0.413. The lowest BCUT2D eigenvalue weighted by Gasteiger charge is -2.18. The molecule has 0 bridgehead atoms. The van der Waals surface area contributed by atoms with Crippen molar-refractivity contribution < 1.29 is 23.1 Å². The average Bonchev–Trinajstić information content (AvgIpc) is 2.59. The highest BCUT2D eigenvalue weighted by molar-refractivity contribution is 7.89. The van der Waals surface area contributed by atoms with Crippen LogP contribution in [0.4, 0.5) is 0 Å². The maximum absolute atomic E-state index is 12.6. The molecule has 2 N–H and O–H groups in total. The first-order valence-electron chi connectivity index (χ1n) is 6.85. The van der Waals surface area contributed by atoms with Crippen LogP contribution in [0.2, 0.25) is 0 Å². The Labute approximate surface area is 134 Å². The minimum Gasteiger partial charge on any atom is -0.465 e. The van der Waals surface area contributed by atoms with Crippen LogP contribution in [0.1, 0.15) is 22.0 Å². The van der Waals surface area contributed by atoms with Crippen molar-refractivity contribution in [2.45, 2.75) is 10.9 Å². The first-order chi connectivity index (χ1) is 11.0. The molecule has 7 heteroatoms. The zero-order chi connectivity index (χ0) is 16.9. The molecule has 2 aromatic carbocycles. The van der Waals surface area contributed by atoms with Gasteiger partial charge >= 0.3 is 5.97 Å². The number of carbonyl (C=O) groups excluding carboxylic acids is 1. The third-order valence-corrected chi connectivity index (χ3v) is 4.79. The molecule has 0 amide bonds. The zero-order valence-electron chi connectivity index (χ0n) is 12.5. The van der Waals surface area contributed by atoms with E-state index in [4.69, 9.17) is 0 Å². The van der Waals surface area contributed by atoms with E-state index in [1.165, 1.54) is 25.3 Å². The van der Waals surface area contributed by atoms with Crippen molar-refractivity contribution in [3.63, 3.8) is 0 Å². The van der Waals surface area contributed by atoms with Crippen LogP contribution in [-0.4, -0.2) is 33.2 Å². The van der Waals surface area contributed by atoms with Gasteiger partial charge in [0.15, 0.2) is 0 Å². The van der Waals surface area contributed by atoms with Gasteiger partial charge in [0.2, 0.25) is 10.0 Å². The van der Waals surface area contributed by atoms with Crippen molar-refractivity contribution in [2.75, 3.05) is 13.7 Å². The smallest absolute Gasteiger partial charge is 0.339 e. The van der Waals surface area contributed by atoms with E-state index >= 15 is 0 Å². The first-order valence-corrected chi connectivity index (χ1v) is 8.33. The number of aliphatic hydroxyl groups excluding tert-OH is 1. The summed E-state index contributed by atoms with van der Waals surface area (Å²) in [7, 11) is -2.84. The van der Waals surface area contributed by atoms with E-state index in [0.717, 1.165) is 0 Å². The monoisotopic (exact) mass is 335 g/mol. The summed E-state index contributed by atoms with van der Waals surface area (Å²) in [5.74, 6) is -0.744. The zero-order valence-corrected chi connectivity index (χ0v) is 13.3. The van der Waals surface area contributed by atoms with Crippen molar-refractivity contribution >= 4 is 16.0 Å². The summed E-state index contributed by atoms with van der Waals surface area (Å²) in [6, 6.07) is 13.6. The second-order valence-corrected chi connectivity index (χ2v) is 6.44. The van der Waals surface area contributed by atoms with Gasteiger partial charge in [0, 0.05) is 0 Å². The van der Waals surface area contributed by atoms with Crippen LogP contribution < -0.4 is 4.72 Å². The van der Waals surface area contributed by atoms with Gasteiger partial charge in [-0.15, -0.1) is 0 Å². The molecule has 0 fully saturated rings. The Morgan fingerprint density at radius 2 is 1.74 bits per heavy atom. The molecular formula is C16H17NO5S. The number of hydrogen-bond acceptors (Lipinski definition) is 5. The Morgan fingerprint density at radius 3 is 2.35 bits per heavy atom. The maximum Gasteiger partial charge on any atom is 0.339 e. The van der Waals surface area contributed by atoms with E-state index in [1.807, 2.05) is 0 Å². The predicted octanol–water partition coefficient (Wildman–Crippen LogP) is 1.49.